The smallest absolute Gasteiger partial charge is 0.113 e. The minimum absolute atomic E-state index is 0.867. The van der Waals surface area contributed by atoms with Crippen molar-refractivity contribution in [1.82, 2.24) is 9.55 Å². The molecule has 0 saturated carbocycles. The van der Waals surface area contributed by atoms with Gasteiger partial charge in [0.15, 0.2) is 0 Å². The van der Waals surface area contributed by atoms with Gasteiger partial charge in [-0.05, 0) is 43.9 Å². The van der Waals surface area contributed by atoms with Crippen LogP contribution in [0.3, 0.4) is 0 Å². The summed E-state index contributed by atoms with van der Waals surface area (Å²) < 4.78 is 2.28. The molecule has 3 rings (SSSR count). The van der Waals surface area contributed by atoms with Gasteiger partial charge < -0.3 is 4.57 Å². The van der Waals surface area contributed by atoms with E-state index in [-0.39, 0.29) is 0 Å². The van der Waals surface area contributed by atoms with Gasteiger partial charge in [0, 0.05) is 16.6 Å². The molecule has 3 heteroatoms. The highest BCUT2D eigenvalue weighted by Crippen LogP contribution is 2.22. The maximum absolute atomic E-state index is 4.61. The predicted octanol–water partition coefficient (Wildman–Crippen LogP) is 4.07. The van der Waals surface area contributed by atoms with Gasteiger partial charge in [0.1, 0.15) is 5.01 Å². The Labute approximate surface area is 111 Å². The number of hydrogen-bond donors (Lipinski definition) is 0. The van der Waals surface area contributed by atoms with Gasteiger partial charge in [-0.1, -0.05) is 12.1 Å². The van der Waals surface area contributed by atoms with Crippen molar-refractivity contribution in [2.45, 2.75) is 27.3 Å². The highest BCUT2D eigenvalue weighted by molar-refractivity contribution is 7.11. The molecule has 0 saturated heterocycles. The summed E-state index contributed by atoms with van der Waals surface area (Å²) in [7, 11) is 0. The zero-order chi connectivity index (χ0) is 12.7. The molecule has 0 unspecified atom stereocenters. The minimum Gasteiger partial charge on any atom is -0.341 e. The Balaban J connectivity index is 2.02. The fourth-order valence-electron chi connectivity index (χ4n) is 2.18. The third kappa shape index (κ3) is 1.95. The van der Waals surface area contributed by atoms with Crippen LogP contribution >= 0.6 is 11.3 Å². The molecule has 0 radical (unpaired) electrons. The molecule has 0 bridgehead atoms. The van der Waals surface area contributed by atoms with Crippen molar-refractivity contribution in [3.05, 3.63) is 51.6 Å². The first-order chi connectivity index (χ1) is 8.63. The average Bonchev–Trinajstić information content (AvgIpc) is 2.85. The van der Waals surface area contributed by atoms with Crippen LogP contribution in [0, 0.1) is 20.8 Å². The van der Waals surface area contributed by atoms with E-state index < -0.39 is 0 Å². The van der Waals surface area contributed by atoms with E-state index in [9.17, 15) is 0 Å². The van der Waals surface area contributed by atoms with Gasteiger partial charge in [-0.15, -0.1) is 11.3 Å². The van der Waals surface area contributed by atoms with Crippen molar-refractivity contribution >= 4 is 22.2 Å². The van der Waals surface area contributed by atoms with Crippen LogP contribution in [-0.4, -0.2) is 9.55 Å². The number of fused-ring (bicyclic) bond motifs is 1. The Hall–Kier alpha value is -1.61. The number of thiazole rings is 1. The first-order valence-corrected chi connectivity index (χ1v) is 6.93. The lowest BCUT2D eigenvalue weighted by atomic mass is 10.2. The summed E-state index contributed by atoms with van der Waals surface area (Å²) in [6.07, 6.45) is 2.15. The molecule has 2 nitrogen and oxygen atoms in total. The Bertz CT molecular complexity index is 687. The summed E-state index contributed by atoms with van der Waals surface area (Å²) in [5.41, 5.74) is 3.75. The summed E-state index contributed by atoms with van der Waals surface area (Å²) in [6, 6.07) is 8.74. The molecule has 0 spiro atoms. The van der Waals surface area contributed by atoms with E-state index in [4.69, 9.17) is 0 Å². The van der Waals surface area contributed by atoms with Crippen LogP contribution in [0.15, 0.2) is 30.5 Å². The Kier molecular flexibility index (Phi) is 2.71. The lowest BCUT2D eigenvalue weighted by Crippen LogP contribution is -1.97. The summed E-state index contributed by atoms with van der Waals surface area (Å²) in [5.74, 6) is 0. The Morgan fingerprint density at radius 3 is 2.72 bits per heavy atom. The molecule has 0 amide bonds. The van der Waals surface area contributed by atoms with E-state index >= 15 is 0 Å². The molecule has 0 atom stereocenters. The average molecular weight is 256 g/mol. The molecule has 1 aromatic carbocycles. The Morgan fingerprint density at radius 1 is 1.17 bits per heavy atom. The molecular formula is C15H16N2S. The second-order valence-electron chi connectivity index (χ2n) is 4.76. The summed E-state index contributed by atoms with van der Waals surface area (Å²) in [6.45, 7) is 7.21. The number of aromatic nitrogens is 2. The van der Waals surface area contributed by atoms with Crippen LogP contribution in [0.25, 0.3) is 10.9 Å². The van der Waals surface area contributed by atoms with Gasteiger partial charge in [-0.3, -0.25) is 0 Å². The van der Waals surface area contributed by atoms with E-state index in [1.807, 2.05) is 0 Å². The van der Waals surface area contributed by atoms with E-state index in [0.29, 0.717) is 0 Å². The topological polar surface area (TPSA) is 17.8 Å². The first kappa shape index (κ1) is 11.5. The predicted molar refractivity (Wildman–Crippen MR) is 77.4 cm³/mol. The number of aryl methyl sites for hydroxylation is 3. The monoisotopic (exact) mass is 256 g/mol. The molecule has 3 aromatic rings. The number of nitrogens with zero attached hydrogens (tertiary/aromatic N) is 2. The van der Waals surface area contributed by atoms with Gasteiger partial charge in [0.05, 0.1) is 12.2 Å². The van der Waals surface area contributed by atoms with Crippen molar-refractivity contribution in [2.75, 3.05) is 0 Å². The molecule has 0 aliphatic rings. The highest BCUT2D eigenvalue weighted by atomic mass is 32.1. The maximum Gasteiger partial charge on any atom is 0.113 e. The third-order valence-electron chi connectivity index (χ3n) is 3.31. The number of rotatable bonds is 2. The molecule has 0 aliphatic carbocycles. The van der Waals surface area contributed by atoms with Crippen molar-refractivity contribution in [1.29, 1.82) is 0 Å². The molecule has 2 aromatic heterocycles. The van der Waals surface area contributed by atoms with Crippen molar-refractivity contribution in [3.8, 4) is 0 Å². The van der Waals surface area contributed by atoms with Crippen LogP contribution in [-0.2, 0) is 6.54 Å². The van der Waals surface area contributed by atoms with Gasteiger partial charge in [-0.2, -0.15) is 0 Å². The highest BCUT2D eigenvalue weighted by Gasteiger charge is 2.06. The first-order valence-electron chi connectivity index (χ1n) is 6.12. The fourth-order valence-corrected chi connectivity index (χ4v) is 3.12. The largest absolute Gasteiger partial charge is 0.341 e. The van der Waals surface area contributed by atoms with E-state index in [1.54, 1.807) is 11.3 Å². The van der Waals surface area contributed by atoms with Crippen LogP contribution in [0.1, 0.15) is 21.1 Å². The SMILES string of the molecule is Cc1ccc2ccn(Cc3nc(C)c(C)s3)c2c1. The van der Waals surface area contributed by atoms with Crippen molar-refractivity contribution in [2.24, 2.45) is 0 Å². The quantitative estimate of drug-likeness (QED) is 0.675. The van der Waals surface area contributed by atoms with E-state index in [2.05, 4.69) is 60.8 Å². The number of hydrogen-bond acceptors (Lipinski definition) is 2. The molecular weight excluding hydrogens is 240 g/mol. The van der Waals surface area contributed by atoms with Crippen molar-refractivity contribution in [3.63, 3.8) is 0 Å². The van der Waals surface area contributed by atoms with Crippen LogP contribution in [0.5, 0.6) is 0 Å². The van der Waals surface area contributed by atoms with Crippen LogP contribution in [0.2, 0.25) is 0 Å². The third-order valence-corrected chi connectivity index (χ3v) is 4.37. The van der Waals surface area contributed by atoms with Gasteiger partial charge in [0.2, 0.25) is 0 Å². The molecule has 0 N–H and O–H groups in total. The summed E-state index contributed by atoms with van der Waals surface area (Å²) in [5, 5.41) is 2.48. The molecule has 0 aliphatic heterocycles. The van der Waals surface area contributed by atoms with Gasteiger partial charge in [0.25, 0.3) is 0 Å². The molecule has 92 valence electrons. The van der Waals surface area contributed by atoms with Crippen molar-refractivity contribution < 1.29 is 0 Å². The second kappa shape index (κ2) is 4.25. The maximum atomic E-state index is 4.61. The van der Waals surface area contributed by atoms with Crippen LogP contribution < -0.4 is 0 Å². The lowest BCUT2D eigenvalue weighted by Gasteiger charge is -2.03. The zero-order valence-electron chi connectivity index (χ0n) is 10.9. The standard InChI is InChI=1S/C15H16N2S/c1-10-4-5-13-6-7-17(14(13)8-10)9-15-16-11(2)12(3)18-15/h4-8H,9H2,1-3H3. The molecule has 2 heterocycles. The fraction of sp³-hybridized carbons (Fsp3) is 0.267. The second-order valence-corrected chi connectivity index (χ2v) is 6.04. The van der Waals surface area contributed by atoms with Gasteiger partial charge >= 0.3 is 0 Å². The van der Waals surface area contributed by atoms with Crippen LogP contribution in [0.4, 0.5) is 0 Å². The summed E-state index contributed by atoms with van der Waals surface area (Å²) >= 11 is 1.79. The van der Waals surface area contributed by atoms with E-state index in [0.717, 1.165) is 12.2 Å². The summed E-state index contributed by atoms with van der Waals surface area (Å²) in [4.78, 5) is 5.93. The molecule has 0 fully saturated rings. The number of benzene rings is 1. The zero-order valence-corrected chi connectivity index (χ0v) is 11.7. The Morgan fingerprint density at radius 2 is 2.00 bits per heavy atom. The normalized spacial score (nSPS) is 11.3. The molecule has 18 heavy (non-hydrogen) atoms. The minimum atomic E-state index is 0.867. The van der Waals surface area contributed by atoms with Gasteiger partial charge in [-0.25, -0.2) is 4.98 Å². The lowest BCUT2D eigenvalue weighted by molar-refractivity contribution is 0.824. The van der Waals surface area contributed by atoms with E-state index in [1.165, 1.54) is 26.4 Å².